The Balaban J connectivity index is 1.46. The van der Waals surface area contributed by atoms with Crippen LogP contribution in [-0.2, 0) is 16.4 Å². The Hall–Kier alpha value is -2.42. The van der Waals surface area contributed by atoms with Gasteiger partial charge in [0.25, 0.3) is 10.0 Å². The van der Waals surface area contributed by atoms with Gasteiger partial charge in [-0.25, -0.2) is 8.42 Å². The van der Waals surface area contributed by atoms with Crippen molar-refractivity contribution in [3.05, 3.63) is 82.8 Å². The lowest BCUT2D eigenvalue weighted by Crippen LogP contribution is -2.29. The summed E-state index contributed by atoms with van der Waals surface area (Å²) in [5.74, 6) is 0. The molecule has 0 fully saturated rings. The molecule has 1 aliphatic heterocycles. The lowest BCUT2D eigenvalue weighted by molar-refractivity contribution is 0.592. The van der Waals surface area contributed by atoms with Gasteiger partial charge in [0.1, 0.15) is 0 Å². The van der Waals surface area contributed by atoms with Gasteiger partial charge in [0.15, 0.2) is 5.11 Å². The highest BCUT2D eigenvalue weighted by molar-refractivity contribution is 9.10. The van der Waals surface area contributed by atoms with E-state index in [0.717, 1.165) is 27.8 Å². The largest absolute Gasteiger partial charge is 0.332 e. The maximum atomic E-state index is 13.1. The summed E-state index contributed by atoms with van der Waals surface area (Å²) in [5.41, 5.74) is 3.38. The van der Waals surface area contributed by atoms with Gasteiger partial charge in [-0.3, -0.25) is 4.31 Å². The minimum absolute atomic E-state index is 0.256. The molecular weight excluding hydrogens is 470 g/mol. The smallest absolute Gasteiger partial charge is 0.264 e. The SMILES string of the molecule is O=S(=O)(c1ccc(NC(=S)Nc2ccc(Br)cc2)cc1)N1CCc2ccccc21. The molecule has 0 bridgehead atoms. The van der Waals surface area contributed by atoms with E-state index in [1.807, 2.05) is 48.5 Å². The number of thiocarbonyl (C=S) groups is 1. The summed E-state index contributed by atoms with van der Waals surface area (Å²) in [6.45, 7) is 0.461. The van der Waals surface area contributed by atoms with Crippen molar-refractivity contribution >= 4 is 60.3 Å². The van der Waals surface area contributed by atoms with Crippen LogP contribution in [0, 0.1) is 0 Å². The van der Waals surface area contributed by atoms with Crippen molar-refractivity contribution in [3.63, 3.8) is 0 Å². The molecule has 4 rings (SSSR count). The van der Waals surface area contributed by atoms with Crippen molar-refractivity contribution in [2.24, 2.45) is 0 Å². The molecule has 8 heteroatoms. The van der Waals surface area contributed by atoms with Gasteiger partial charge in [-0.15, -0.1) is 0 Å². The van der Waals surface area contributed by atoms with E-state index in [1.165, 1.54) is 4.31 Å². The fraction of sp³-hybridized carbons (Fsp3) is 0.0952. The average Bonchev–Trinajstić information content (AvgIpc) is 3.15. The number of nitrogens with zero attached hydrogens (tertiary/aromatic N) is 1. The number of rotatable bonds is 4. The van der Waals surface area contributed by atoms with E-state index < -0.39 is 10.0 Å². The van der Waals surface area contributed by atoms with Crippen molar-refractivity contribution in [1.82, 2.24) is 0 Å². The molecule has 0 saturated heterocycles. The van der Waals surface area contributed by atoms with Gasteiger partial charge in [-0.2, -0.15) is 0 Å². The zero-order chi connectivity index (χ0) is 20.4. The Kier molecular flexibility index (Phi) is 5.58. The van der Waals surface area contributed by atoms with Gasteiger partial charge in [0, 0.05) is 22.4 Å². The Morgan fingerprint density at radius 3 is 2.14 bits per heavy atom. The summed E-state index contributed by atoms with van der Waals surface area (Å²) in [6, 6.07) is 21.9. The number of para-hydroxylation sites is 1. The zero-order valence-electron chi connectivity index (χ0n) is 15.3. The number of hydrogen-bond acceptors (Lipinski definition) is 3. The Morgan fingerprint density at radius 2 is 1.48 bits per heavy atom. The first-order valence-corrected chi connectivity index (χ1v) is 11.6. The summed E-state index contributed by atoms with van der Waals surface area (Å²) in [4.78, 5) is 0.256. The molecule has 0 aromatic heterocycles. The third kappa shape index (κ3) is 4.29. The molecule has 0 amide bonds. The number of sulfonamides is 1. The van der Waals surface area contributed by atoms with Crippen LogP contribution in [0.3, 0.4) is 0 Å². The summed E-state index contributed by atoms with van der Waals surface area (Å²) < 4.78 is 28.6. The van der Waals surface area contributed by atoms with E-state index in [-0.39, 0.29) is 4.90 Å². The van der Waals surface area contributed by atoms with E-state index in [4.69, 9.17) is 12.2 Å². The number of fused-ring (bicyclic) bond motifs is 1. The van der Waals surface area contributed by atoms with E-state index in [2.05, 4.69) is 26.6 Å². The summed E-state index contributed by atoms with van der Waals surface area (Å²) in [6.07, 6.45) is 0.727. The lowest BCUT2D eigenvalue weighted by atomic mass is 10.2. The second-order valence-corrected chi connectivity index (χ2v) is 9.75. The average molecular weight is 488 g/mol. The van der Waals surface area contributed by atoms with E-state index >= 15 is 0 Å². The fourth-order valence-corrected chi connectivity index (χ4v) is 5.23. The molecule has 148 valence electrons. The Morgan fingerprint density at radius 1 is 0.897 bits per heavy atom. The molecule has 0 aliphatic carbocycles. The topological polar surface area (TPSA) is 61.4 Å². The molecule has 0 atom stereocenters. The van der Waals surface area contributed by atoms with Gasteiger partial charge in [-0.1, -0.05) is 34.1 Å². The number of anilines is 3. The highest BCUT2D eigenvalue weighted by Gasteiger charge is 2.30. The highest BCUT2D eigenvalue weighted by atomic mass is 79.9. The first-order chi connectivity index (χ1) is 13.9. The van der Waals surface area contributed by atoms with Gasteiger partial charge in [-0.05, 0) is 78.8 Å². The number of halogens is 1. The van der Waals surface area contributed by atoms with Gasteiger partial charge >= 0.3 is 0 Å². The summed E-state index contributed by atoms with van der Waals surface area (Å²) >= 11 is 8.72. The molecule has 0 radical (unpaired) electrons. The van der Waals surface area contributed by atoms with E-state index in [0.29, 0.717) is 17.3 Å². The lowest BCUT2D eigenvalue weighted by Gasteiger charge is -2.20. The monoisotopic (exact) mass is 487 g/mol. The number of nitrogens with one attached hydrogen (secondary N) is 2. The molecular formula is C21H18BrN3O2S2. The van der Waals surface area contributed by atoms with Crippen LogP contribution in [0.4, 0.5) is 17.1 Å². The van der Waals surface area contributed by atoms with Crippen molar-refractivity contribution in [3.8, 4) is 0 Å². The Bertz CT molecular complexity index is 1150. The summed E-state index contributed by atoms with van der Waals surface area (Å²) in [7, 11) is -3.60. The number of benzene rings is 3. The normalized spacial score (nSPS) is 13.1. The Labute approximate surface area is 183 Å². The first-order valence-electron chi connectivity index (χ1n) is 8.98. The van der Waals surface area contributed by atoms with Crippen LogP contribution in [0.2, 0.25) is 0 Å². The second-order valence-electron chi connectivity index (χ2n) is 6.57. The quantitative estimate of drug-likeness (QED) is 0.506. The fourth-order valence-electron chi connectivity index (χ4n) is 3.22. The van der Waals surface area contributed by atoms with Crippen LogP contribution in [0.5, 0.6) is 0 Å². The van der Waals surface area contributed by atoms with Crippen LogP contribution >= 0.6 is 28.1 Å². The van der Waals surface area contributed by atoms with Gasteiger partial charge < -0.3 is 10.6 Å². The standard InChI is InChI=1S/C21H18BrN3O2S2/c22-16-5-7-17(8-6-16)23-21(28)24-18-9-11-19(12-10-18)29(26,27)25-14-13-15-3-1-2-4-20(15)25/h1-12H,13-14H2,(H2,23,24,28). The van der Waals surface area contributed by atoms with E-state index in [9.17, 15) is 8.42 Å². The molecule has 1 aliphatic rings. The van der Waals surface area contributed by atoms with Gasteiger partial charge in [0.05, 0.1) is 10.6 Å². The van der Waals surface area contributed by atoms with Gasteiger partial charge in [0.2, 0.25) is 0 Å². The van der Waals surface area contributed by atoms with Crippen molar-refractivity contribution in [2.75, 3.05) is 21.5 Å². The summed E-state index contributed by atoms with van der Waals surface area (Å²) in [5, 5.41) is 6.59. The van der Waals surface area contributed by atoms with Crippen LogP contribution in [0.15, 0.2) is 82.2 Å². The minimum atomic E-state index is -3.60. The van der Waals surface area contributed by atoms with E-state index in [1.54, 1.807) is 24.3 Å². The predicted molar refractivity (Wildman–Crippen MR) is 125 cm³/mol. The molecule has 3 aromatic rings. The molecule has 1 heterocycles. The third-order valence-corrected chi connectivity index (χ3v) is 7.21. The third-order valence-electron chi connectivity index (χ3n) is 4.65. The predicted octanol–water partition coefficient (Wildman–Crippen LogP) is 5.01. The number of hydrogen-bond donors (Lipinski definition) is 2. The van der Waals surface area contributed by atoms with Crippen molar-refractivity contribution in [2.45, 2.75) is 11.3 Å². The molecule has 3 aromatic carbocycles. The van der Waals surface area contributed by atoms with Crippen LogP contribution in [0.25, 0.3) is 0 Å². The molecule has 0 spiro atoms. The van der Waals surface area contributed by atoms with Crippen molar-refractivity contribution < 1.29 is 8.42 Å². The van der Waals surface area contributed by atoms with Crippen LogP contribution in [-0.4, -0.2) is 20.1 Å². The first kappa shape index (κ1) is 19.9. The molecule has 29 heavy (non-hydrogen) atoms. The zero-order valence-corrected chi connectivity index (χ0v) is 18.5. The molecule has 0 saturated carbocycles. The molecule has 2 N–H and O–H groups in total. The highest BCUT2D eigenvalue weighted by Crippen LogP contribution is 2.32. The van der Waals surface area contributed by atoms with Crippen LogP contribution in [0.1, 0.15) is 5.56 Å². The van der Waals surface area contributed by atoms with Crippen LogP contribution < -0.4 is 14.9 Å². The minimum Gasteiger partial charge on any atom is -0.332 e. The maximum Gasteiger partial charge on any atom is 0.264 e. The maximum absolute atomic E-state index is 13.1. The molecule has 0 unspecified atom stereocenters. The molecule has 5 nitrogen and oxygen atoms in total. The second kappa shape index (κ2) is 8.14. The van der Waals surface area contributed by atoms with Crippen molar-refractivity contribution in [1.29, 1.82) is 0 Å².